The molecule has 0 aliphatic heterocycles. The van der Waals surface area contributed by atoms with Crippen LogP contribution in [0.2, 0.25) is 6.04 Å². The first kappa shape index (κ1) is 16.2. The van der Waals surface area contributed by atoms with E-state index in [1.807, 2.05) is 6.92 Å². The largest absolute Gasteiger partial charge is 0.500 e. The fourth-order valence-electron chi connectivity index (χ4n) is 2.21. The van der Waals surface area contributed by atoms with Crippen LogP contribution in [0.3, 0.4) is 0 Å². The second-order valence-electron chi connectivity index (χ2n) is 4.54. The second kappa shape index (κ2) is 7.05. The first-order chi connectivity index (χ1) is 9.01. The van der Waals surface area contributed by atoms with Crippen molar-refractivity contribution in [3.8, 4) is 5.75 Å². The van der Waals surface area contributed by atoms with Gasteiger partial charge in [-0.1, -0.05) is 6.07 Å². The molecular weight excluding hydrogens is 260 g/mol. The molecule has 1 aromatic carbocycles. The van der Waals surface area contributed by atoms with Crippen molar-refractivity contribution in [2.45, 2.75) is 26.3 Å². The Morgan fingerprint density at radius 3 is 1.95 bits per heavy atom. The van der Waals surface area contributed by atoms with E-state index >= 15 is 0 Å². The molecule has 0 bridgehead atoms. The second-order valence-corrected chi connectivity index (χ2v) is 7.63. The quantitative estimate of drug-likeness (QED) is 0.721. The maximum Gasteiger partial charge on any atom is 0.500 e. The highest BCUT2D eigenvalue weighted by molar-refractivity contribution is 6.60. The number of hydrogen-bond acceptors (Lipinski definition) is 4. The first-order valence-corrected chi connectivity index (χ1v) is 8.24. The molecule has 0 atom stereocenters. The van der Waals surface area contributed by atoms with Gasteiger partial charge in [-0.25, -0.2) is 0 Å². The van der Waals surface area contributed by atoms with E-state index in [9.17, 15) is 0 Å². The zero-order chi connectivity index (χ0) is 14.5. The van der Waals surface area contributed by atoms with Crippen molar-refractivity contribution in [1.29, 1.82) is 0 Å². The standard InChI is InChI=1S/C14H24O4Si/c1-11-9-12(2)14(15-3)10-13(11)7-8-19(16-4,17-5)18-6/h9-10H,7-8H2,1-6H3. The van der Waals surface area contributed by atoms with Crippen LogP contribution >= 0.6 is 0 Å². The summed E-state index contributed by atoms with van der Waals surface area (Å²) >= 11 is 0. The molecule has 4 nitrogen and oxygen atoms in total. The molecule has 0 amide bonds. The molecule has 0 aromatic heterocycles. The Hall–Kier alpha value is -0.883. The predicted molar refractivity (Wildman–Crippen MR) is 77.8 cm³/mol. The Bertz CT molecular complexity index is 408. The third kappa shape index (κ3) is 3.79. The molecular formula is C14H24O4Si. The molecule has 0 aliphatic rings. The lowest BCUT2D eigenvalue weighted by molar-refractivity contribution is 0.123. The average molecular weight is 284 g/mol. The lowest BCUT2D eigenvalue weighted by atomic mass is 10.0. The maximum atomic E-state index is 5.44. The van der Waals surface area contributed by atoms with E-state index in [2.05, 4.69) is 19.1 Å². The molecule has 0 spiro atoms. The minimum atomic E-state index is -2.51. The van der Waals surface area contributed by atoms with Crippen LogP contribution in [0, 0.1) is 13.8 Å². The fraction of sp³-hybridized carbons (Fsp3) is 0.571. The summed E-state index contributed by atoms with van der Waals surface area (Å²) in [5.41, 5.74) is 3.65. The minimum Gasteiger partial charge on any atom is -0.496 e. The lowest BCUT2D eigenvalue weighted by Gasteiger charge is -2.24. The van der Waals surface area contributed by atoms with Gasteiger partial charge >= 0.3 is 8.80 Å². The Morgan fingerprint density at radius 1 is 0.895 bits per heavy atom. The highest BCUT2D eigenvalue weighted by Crippen LogP contribution is 2.25. The molecule has 19 heavy (non-hydrogen) atoms. The predicted octanol–water partition coefficient (Wildman–Crippen LogP) is 2.73. The molecule has 0 N–H and O–H groups in total. The van der Waals surface area contributed by atoms with Crippen molar-refractivity contribution in [2.24, 2.45) is 0 Å². The van der Waals surface area contributed by atoms with Crippen LogP contribution in [0.15, 0.2) is 12.1 Å². The normalized spacial score (nSPS) is 11.7. The monoisotopic (exact) mass is 284 g/mol. The fourth-order valence-corrected chi connectivity index (χ4v) is 3.90. The SMILES string of the molecule is COc1cc(CC[Si](OC)(OC)OC)c(C)cc1C. The topological polar surface area (TPSA) is 36.9 Å². The summed E-state index contributed by atoms with van der Waals surface area (Å²) in [6.45, 7) is 4.16. The molecule has 0 aliphatic carbocycles. The van der Waals surface area contributed by atoms with Gasteiger partial charge in [0.05, 0.1) is 7.11 Å². The third-order valence-corrected chi connectivity index (χ3v) is 6.22. The summed E-state index contributed by atoms with van der Waals surface area (Å²) in [5, 5.41) is 0. The van der Waals surface area contributed by atoms with Gasteiger partial charge in [0, 0.05) is 27.4 Å². The molecule has 5 heteroatoms. The number of rotatable bonds is 7. The van der Waals surface area contributed by atoms with Crippen molar-refractivity contribution in [2.75, 3.05) is 28.4 Å². The van der Waals surface area contributed by atoms with Gasteiger partial charge in [-0.2, -0.15) is 0 Å². The summed E-state index contributed by atoms with van der Waals surface area (Å²) < 4.78 is 21.7. The van der Waals surface area contributed by atoms with E-state index < -0.39 is 8.80 Å². The Kier molecular flexibility index (Phi) is 6.00. The van der Waals surface area contributed by atoms with E-state index in [4.69, 9.17) is 18.0 Å². The zero-order valence-corrected chi connectivity index (χ0v) is 13.7. The maximum absolute atomic E-state index is 5.44. The molecule has 1 aromatic rings. The minimum absolute atomic E-state index is 0.754. The average Bonchev–Trinajstić information content (AvgIpc) is 2.43. The van der Waals surface area contributed by atoms with E-state index in [1.54, 1.807) is 28.4 Å². The number of aryl methyl sites for hydroxylation is 3. The van der Waals surface area contributed by atoms with Gasteiger partial charge in [-0.05, 0) is 43.0 Å². The van der Waals surface area contributed by atoms with E-state index in [-0.39, 0.29) is 0 Å². The van der Waals surface area contributed by atoms with Crippen LogP contribution in [0.25, 0.3) is 0 Å². The summed E-state index contributed by atoms with van der Waals surface area (Å²) in [4.78, 5) is 0. The van der Waals surface area contributed by atoms with Gasteiger partial charge in [0.25, 0.3) is 0 Å². The molecule has 0 heterocycles. The summed E-state index contributed by atoms with van der Waals surface area (Å²) in [6.07, 6.45) is 0.851. The zero-order valence-electron chi connectivity index (χ0n) is 12.7. The van der Waals surface area contributed by atoms with E-state index in [1.165, 1.54) is 11.1 Å². The highest BCUT2D eigenvalue weighted by atomic mass is 28.4. The number of methoxy groups -OCH3 is 1. The molecule has 0 unspecified atom stereocenters. The van der Waals surface area contributed by atoms with Crippen molar-refractivity contribution in [3.05, 3.63) is 28.8 Å². The number of hydrogen-bond donors (Lipinski definition) is 0. The highest BCUT2D eigenvalue weighted by Gasteiger charge is 2.37. The van der Waals surface area contributed by atoms with Gasteiger partial charge in [-0.15, -0.1) is 0 Å². The molecule has 0 fully saturated rings. The molecule has 1 rings (SSSR count). The Morgan fingerprint density at radius 2 is 1.47 bits per heavy atom. The van der Waals surface area contributed by atoms with Crippen LogP contribution in [0.5, 0.6) is 5.75 Å². The Labute approximate surface area is 117 Å². The summed E-state index contributed by atoms with van der Waals surface area (Å²) in [6, 6.07) is 4.98. The van der Waals surface area contributed by atoms with Crippen molar-refractivity contribution >= 4 is 8.80 Å². The van der Waals surface area contributed by atoms with Gasteiger partial charge in [0.1, 0.15) is 5.75 Å². The van der Waals surface area contributed by atoms with Crippen molar-refractivity contribution in [3.63, 3.8) is 0 Å². The van der Waals surface area contributed by atoms with Crippen molar-refractivity contribution < 1.29 is 18.0 Å². The van der Waals surface area contributed by atoms with Crippen LogP contribution in [0.1, 0.15) is 16.7 Å². The van der Waals surface area contributed by atoms with Crippen LogP contribution in [-0.2, 0) is 19.7 Å². The van der Waals surface area contributed by atoms with Crippen LogP contribution in [-0.4, -0.2) is 37.2 Å². The van der Waals surface area contributed by atoms with Gasteiger partial charge < -0.3 is 18.0 Å². The van der Waals surface area contributed by atoms with Crippen LogP contribution in [0.4, 0.5) is 0 Å². The van der Waals surface area contributed by atoms with Crippen molar-refractivity contribution in [1.82, 2.24) is 0 Å². The van der Waals surface area contributed by atoms with Crippen LogP contribution < -0.4 is 4.74 Å². The molecule has 0 radical (unpaired) electrons. The number of ether oxygens (including phenoxy) is 1. The lowest BCUT2D eigenvalue weighted by Crippen LogP contribution is -2.43. The van der Waals surface area contributed by atoms with E-state index in [0.717, 1.165) is 23.8 Å². The van der Waals surface area contributed by atoms with Gasteiger partial charge in [0.2, 0.25) is 0 Å². The van der Waals surface area contributed by atoms with Gasteiger partial charge in [-0.3, -0.25) is 0 Å². The molecule has 108 valence electrons. The molecule has 0 saturated carbocycles. The summed E-state index contributed by atoms with van der Waals surface area (Å²) in [5.74, 6) is 0.917. The van der Waals surface area contributed by atoms with E-state index in [0.29, 0.717) is 0 Å². The smallest absolute Gasteiger partial charge is 0.496 e. The summed E-state index contributed by atoms with van der Waals surface area (Å²) in [7, 11) is 4.11. The number of benzene rings is 1. The molecule has 0 saturated heterocycles. The van der Waals surface area contributed by atoms with Gasteiger partial charge in [0.15, 0.2) is 0 Å². The third-order valence-electron chi connectivity index (χ3n) is 3.49. The first-order valence-electron chi connectivity index (χ1n) is 6.31. The Balaban J connectivity index is 2.88.